The van der Waals surface area contributed by atoms with Crippen molar-refractivity contribution in [1.29, 1.82) is 0 Å². The van der Waals surface area contributed by atoms with Crippen molar-refractivity contribution in [2.75, 3.05) is 68.5 Å². The Labute approximate surface area is 284 Å². The van der Waals surface area contributed by atoms with Crippen molar-refractivity contribution >= 4 is 33.9 Å². The number of H-pyrrole nitrogens is 1. The van der Waals surface area contributed by atoms with Gasteiger partial charge in [-0.3, -0.25) is 9.69 Å². The Morgan fingerprint density at radius 2 is 1.84 bits per heavy atom. The van der Waals surface area contributed by atoms with Crippen LogP contribution < -0.4 is 20.7 Å². The molecule has 2 saturated heterocycles. The van der Waals surface area contributed by atoms with Gasteiger partial charge in [-0.05, 0) is 80.8 Å². The number of carbonyl (C=O) groups is 1. The molecule has 5 N–H and O–H groups in total. The van der Waals surface area contributed by atoms with E-state index < -0.39 is 5.82 Å². The van der Waals surface area contributed by atoms with Crippen molar-refractivity contribution in [3.63, 3.8) is 0 Å². The van der Waals surface area contributed by atoms with E-state index in [9.17, 15) is 14.3 Å². The summed E-state index contributed by atoms with van der Waals surface area (Å²) in [6, 6.07) is 18.0. The first-order valence-electron chi connectivity index (χ1n) is 16.8. The van der Waals surface area contributed by atoms with E-state index in [4.69, 9.17) is 15.2 Å². The zero-order valence-corrected chi connectivity index (χ0v) is 27.8. The van der Waals surface area contributed by atoms with Gasteiger partial charge in [0.2, 0.25) is 5.78 Å². The fourth-order valence-corrected chi connectivity index (χ4v) is 7.03. The van der Waals surface area contributed by atoms with Crippen molar-refractivity contribution in [2.24, 2.45) is 0 Å². The lowest BCUT2D eigenvalue weighted by Crippen LogP contribution is -2.49. The van der Waals surface area contributed by atoms with Gasteiger partial charge in [0, 0.05) is 49.7 Å². The number of ketones is 1. The largest absolute Gasteiger partial charge is 0.454 e. The number of benzene rings is 3. The fraction of sp³-hybridized carbons (Fsp3) is 0.351. The Morgan fingerprint density at radius 3 is 2.57 bits per heavy atom. The maximum absolute atomic E-state index is 14.1. The second kappa shape index (κ2) is 13.9. The van der Waals surface area contributed by atoms with Crippen molar-refractivity contribution < 1.29 is 23.8 Å². The van der Waals surface area contributed by atoms with Crippen LogP contribution >= 0.6 is 0 Å². The smallest absolute Gasteiger partial charge is 0.214 e. The summed E-state index contributed by atoms with van der Waals surface area (Å²) >= 11 is 0. The van der Waals surface area contributed by atoms with Gasteiger partial charge >= 0.3 is 0 Å². The van der Waals surface area contributed by atoms with E-state index in [1.54, 1.807) is 48.0 Å². The topological polar surface area (TPSA) is 134 Å². The molecule has 2 aromatic heterocycles. The lowest BCUT2D eigenvalue weighted by Gasteiger charge is -2.41. The van der Waals surface area contributed by atoms with Crippen molar-refractivity contribution in [3.8, 4) is 17.2 Å². The van der Waals surface area contributed by atoms with Crippen molar-refractivity contribution in [1.82, 2.24) is 19.7 Å². The third-order valence-corrected chi connectivity index (χ3v) is 9.56. The summed E-state index contributed by atoms with van der Waals surface area (Å²) in [5, 5.41) is 18.5. The fourth-order valence-electron chi connectivity index (χ4n) is 7.03. The minimum atomic E-state index is -0.450. The standard InChI is InChI=1S/C37H42FN7O4/c1-23-19-27(49-34-6-4-3-5-28(34)38)7-8-32(23)45-37(39)35(24(2)42-45)36(47)31-21-25-20-30(40-11-16-46)33(22-29(25)41-31)44-12-9-26(10-13-44)43-14-17-48-18-15-43/h3-8,19-22,26,40-41,46H,9-18,39H2,1-2H3. The van der Waals surface area contributed by atoms with Crippen LogP contribution in [-0.4, -0.2) is 89.1 Å². The molecule has 11 nitrogen and oxygen atoms in total. The van der Waals surface area contributed by atoms with Crippen LogP contribution in [0.5, 0.6) is 11.5 Å². The molecule has 0 saturated carbocycles. The average Bonchev–Trinajstić information content (AvgIpc) is 3.67. The van der Waals surface area contributed by atoms with Gasteiger partial charge in [0.25, 0.3) is 0 Å². The number of anilines is 3. The number of fused-ring (bicyclic) bond motifs is 1. The van der Waals surface area contributed by atoms with E-state index in [0.29, 0.717) is 41.0 Å². The summed E-state index contributed by atoms with van der Waals surface area (Å²) in [5.41, 5.74) is 12.1. The van der Waals surface area contributed by atoms with Crippen LogP contribution in [0.4, 0.5) is 21.6 Å². The number of morpholine rings is 1. The van der Waals surface area contributed by atoms with E-state index >= 15 is 0 Å². The molecule has 0 spiro atoms. The Bertz CT molecular complexity index is 1980. The van der Waals surface area contributed by atoms with Crippen LogP contribution in [0.2, 0.25) is 0 Å². The van der Waals surface area contributed by atoms with Gasteiger partial charge in [-0.25, -0.2) is 9.07 Å². The average molecular weight is 668 g/mol. The van der Waals surface area contributed by atoms with Crippen molar-refractivity contribution in [3.05, 3.63) is 89.0 Å². The lowest BCUT2D eigenvalue weighted by atomic mass is 10.0. The summed E-state index contributed by atoms with van der Waals surface area (Å²) in [6.07, 6.45) is 2.13. The number of aliphatic hydroxyl groups excluding tert-OH is 1. The Kier molecular flexibility index (Phi) is 9.26. The second-order valence-corrected chi connectivity index (χ2v) is 12.7. The lowest BCUT2D eigenvalue weighted by molar-refractivity contribution is 0.0115. The molecule has 2 fully saturated rings. The second-order valence-electron chi connectivity index (χ2n) is 12.7. The Balaban J connectivity index is 1.14. The predicted octanol–water partition coefficient (Wildman–Crippen LogP) is 5.42. The van der Waals surface area contributed by atoms with Crippen LogP contribution in [0.25, 0.3) is 16.6 Å². The maximum atomic E-state index is 14.1. The third-order valence-electron chi connectivity index (χ3n) is 9.56. The number of ether oxygens (including phenoxy) is 2. The first-order valence-corrected chi connectivity index (χ1v) is 16.8. The molecular formula is C37H42FN7O4. The number of nitrogens with zero attached hydrogens (tertiary/aromatic N) is 4. The van der Waals surface area contributed by atoms with Gasteiger partial charge in [0.15, 0.2) is 11.6 Å². The molecular weight excluding hydrogens is 625 g/mol. The van der Waals surface area contributed by atoms with Crippen LogP contribution in [0.3, 0.4) is 0 Å². The monoisotopic (exact) mass is 667 g/mol. The quantitative estimate of drug-likeness (QED) is 0.144. The molecule has 0 radical (unpaired) electrons. The van der Waals surface area contributed by atoms with E-state index in [1.165, 1.54) is 6.07 Å². The number of aliphatic hydroxyl groups is 1. The van der Waals surface area contributed by atoms with Gasteiger partial charge in [0.05, 0.1) is 53.8 Å². The normalized spacial score (nSPS) is 16.0. The first-order chi connectivity index (χ1) is 23.8. The predicted molar refractivity (Wildman–Crippen MR) is 189 cm³/mol. The minimum absolute atomic E-state index is 0.0107. The van der Waals surface area contributed by atoms with Gasteiger partial charge < -0.3 is 35.5 Å². The van der Waals surface area contributed by atoms with Gasteiger partial charge in [-0.2, -0.15) is 5.10 Å². The molecule has 2 aliphatic heterocycles. The number of aromatic amines is 1. The number of aromatic nitrogens is 3. The highest BCUT2D eigenvalue weighted by Crippen LogP contribution is 2.35. The number of nitrogens with one attached hydrogen (secondary N) is 2. The number of nitrogens with two attached hydrogens (primary N) is 1. The summed E-state index contributed by atoms with van der Waals surface area (Å²) in [5.74, 6) is 0.117. The number of nitrogen functional groups attached to an aromatic ring is 1. The molecule has 256 valence electrons. The SMILES string of the molecule is Cc1cc(Oc2ccccc2F)ccc1-n1nc(C)c(C(=O)c2cc3cc(NCCO)c(N4CCC(N5CCOCC5)CC4)cc3[nH]2)c1N. The highest BCUT2D eigenvalue weighted by Gasteiger charge is 2.28. The third kappa shape index (κ3) is 6.59. The molecule has 5 aromatic rings. The highest BCUT2D eigenvalue weighted by atomic mass is 19.1. The maximum Gasteiger partial charge on any atom is 0.214 e. The Morgan fingerprint density at radius 1 is 1.06 bits per heavy atom. The number of hydrogen-bond acceptors (Lipinski definition) is 9. The van der Waals surface area contributed by atoms with E-state index in [2.05, 4.69) is 31.3 Å². The molecule has 0 atom stereocenters. The molecule has 0 aliphatic carbocycles. The van der Waals surface area contributed by atoms with Crippen LogP contribution in [0, 0.1) is 19.7 Å². The summed E-state index contributed by atoms with van der Waals surface area (Å²) in [7, 11) is 0. The zero-order valence-electron chi connectivity index (χ0n) is 27.8. The molecule has 4 heterocycles. The number of hydrogen-bond donors (Lipinski definition) is 4. The van der Waals surface area contributed by atoms with E-state index in [1.807, 2.05) is 19.1 Å². The van der Waals surface area contributed by atoms with Gasteiger partial charge in [0.1, 0.15) is 11.6 Å². The van der Waals surface area contributed by atoms with Crippen molar-refractivity contribution in [2.45, 2.75) is 32.7 Å². The number of halogens is 1. The number of para-hydroxylation sites is 1. The van der Waals surface area contributed by atoms with E-state index in [-0.39, 0.29) is 24.0 Å². The number of piperidine rings is 1. The molecule has 0 unspecified atom stereocenters. The number of rotatable bonds is 10. The molecule has 49 heavy (non-hydrogen) atoms. The summed E-state index contributed by atoms with van der Waals surface area (Å²) in [6.45, 7) is 9.48. The number of aryl methyl sites for hydroxylation is 2. The molecule has 12 heteroatoms. The molecule has 2 aliphatic rings. The Hall–Kier alpha value is -4.91. The zero-order chi connectivity index (χ0) is 34.1. The van der Waals surface area contributed by atoms with Gasteiger partial charge in [-0.1, -0.05) is 12.1 Å². The summed E-state index contributed by atoms with van der Waals surface area (Å²) in [4.78, 5) is 22.3. The van der Waals surface area contributed by atoms with Crippen LogP contribution in [0.1, 0.15) is 40.2 Å². The molecule has 0 bridgehead atoms. The first kappa shape index (κ1) is 32.6. The highest BCUT2D eigenvalue weighted by molar-refractivity contribution is 6.13. The summed E-state index contributed by atoms with van der Waals surface area (Å²) < 4.78 is 27.0. The number of carbonyl (C=O) groups excluding carboxylic acids is 1. The molecule has 7 rings (SSSR count). The van der Waals surface area contributed by atoms with E-state index in [0.717, 1.165) is 80.1 Å². The van der Waals surface area contributed by atoms with Gasteiger partial charge in [-0.15, -0.1) is 0 Å². The molecule has 3 aromatic carbocycles. The molecule has 0 amide bonds. The minimum Gasteiger partial charge on any atom is -0.454 e. The van der Waals surface area contributed by atoms with Crippen LogP contribution in [0.15, 0.2) is 60.7 Å². The van der Waals surface area contributed by atoms with Crippen LogP contribution in [-0.2, 0) is 4.74 Å².